The van der Waals surface area contributed by atoms with E-state index in [4.69, 9.17) is 10.5 Å². The Morgan fingerprint density at radius 3 is 2.58 bits per heavy atom. The Morgan fingerprint density at radius 1 is 1.32 bits per heavy atom. The van der Waals surface area contributed by atoms with Crippen molar-refractivity contribution in [3.8, 4) is 0 Å². The molecule has 0 aliphatic heterocycles. The molecule has 2 N–H and O–H groups in total. The van der Waals surface area contributed by atoms with Crippen molar-refractivity contribution in [2.24, 2.45) is 5.92 Å². The van der Waals surface area contributed by atoms with Gasteiger partial charge in [-0.1, -0.05) is 13.8 Å². The minimum absolute atomic E-state index is 0.0867. The summed E-state index contributed by atoms with van der Waals surface area (Å²) in [5, 5.41) is 0. The molecular weight excluding hydrogens is 246 g/mol. The second-order valence-electron chi connectivity index (χ2n) is 4.90. The summed E-state index contributed by atoms with van der Waals surface area (Å²) in [5.41, 5.74) is 4.91. The maximum absolute atomic E-state index is 12.0. The molecule has 1 rings (SSSR count). The molecule has 1 aromatic rings. The fourth-order valence-corrected chi connectivity index (χ4v) is 1.68. The van der Waals surface area contributed by atoms with E-state index in [0.717, 1.165) is 11.0 Å². The van der Waals surface area contributed by atoms with Gasteiger partial charge in [0.1, 0.15) is 5.69 Å². The van der Waals surface area contributed by atoms with Gasteiger partial charge < -0.3 is 10.5 Å². The van der Waals surface area contributed by atoms with Crippen LogP contribution in [0.25, 0.3) is 0 Å². The highest BCUT2D eigenvalue weighted by Crippen LogP contribution is 1.98. The number of aromatic nitrogens is 2. The number of aryl methyl sites for hydroxylation is 1. The molecule has 0 atom stereocenters. The van der Waals surface area contributed by atoms with E-state index in [1.807, 2.05) is 6.92 Å². The molecular formula is C13H23N3O3. The van der Waals surface area contributed by atoms with Crippen LogP contribution in [0, 0.1) is 5.92 Å². The summed E-state index contributed by atoms with van der Waals surface area (Å²) in [6.45, 7) is 7.76. The van der Waals surface area contributed by atoms with Crippen molar-refractivity contribution in [1.29, 1.82) is 0 Å². The second kappa shape index (κ2) is 7.13. The molecule has 0 bridgehead atoms. The maximum atomic E-state index is 12.0. The smallest absolute Gasteiger partial charge is 0.331 e. The lowest BCUT2D eigenvalue weighted by atomic mass is 10.1. The topological polar surface area (TPSA) is 79.2 Å². The van der Waals surface area contributed by atoms with Crippen LogP contribution in [0.2, 0.25) is 0 Å². The van der Waals surface area contributed by atoms with Crippen LogP contribution in [0.4, 0.5) is 5.69 Å². The van der Waals surface area contributed by atoms with Crippen molar-refractivity contribution in [2.75, 3.05) is 18.9 Å². The number of nitrogen functional groups attached to an aromatic ring is 1. The fraction of sp³-hybridized carbons (Fsp3) is 0.692. The first-order chi connectivity index (χ1) is 8.97. The molecule has 0 saturated heterocycles. The van der Waals surface area contributed by atoms with Crippen LogP contribution < -0.4 is 17.0 Å². The van der Waals surface area contributed by atoms with Crippen LogP contribution in [0.3, 0.4) is 0 Å². The minimum atomic E-state index is -0.442. The van der Waals surface area contributed by atoms with Gasteiger partial charge in [-0.3, -0.25) is 13.9 Å². The molecule has 0 spiro atoms. The van der Waals surface area contributed by atoms with Crippen molar-refractivity contribution in [3.05, 3.63) is 27.0 Å². The average Bonchev–Trinajstić information content (AvgIpc) is 2.36. The van der Waals surface area contributed by atoms with Gasteiger partial charge in [0.05, 0.1) is 13.2 Å². The first kappa shape index (κ1) is 15.5. The molecule has 0 aliphatic rings. The summed E-state index contributed by atoms with van der Waals surface area (Å²) in [5.74, 6) is 0.576. The van der Waals surface area contributed by atoms with E-state index in [1.165, 1.54) is 10.8 Å². The van der Waals surface area contributed by atoms with Gasteiger partial charge in [0.2, 0.25) is 0 Å². The van der Waals surface area contributed by atoms with Gasteiger partial charge in [0, 0.05) is 19.3 Å². The van der Waals surface area contributed by atoms with E-state index in [0.29, 0.717) is 25.7 Å². The maximum Gasteiger partial charge on any atom is 0.331 e. The van der Waals surface area contributed by atoms with Crippen LogP contribution in [0.1, 0.15) is 27.2 Å². The molecule has 0 saturated carbocycles. The number of hydrogen-bond acceptors (Lipinski definition) is 4. The molecule has 1 aromatic heterocycles. The lowest BCUT2D eigenvalue weighted by Gasteiger charge is -2.10. The van der Waals surface area contributed by atoms with Gasteiger partial charge in [0.25, 0.3) is 5.56 Å². The molecule has 0 aromatic carbocycles. The third-order valence-corrected chi connectivity index (χ3v) is 2.90. The van der Waals surface area contributed by atoms with Crippen LogP contribution >= 0.6 is 0 Å². The van der Waals surface area contributed by atoms with Gasteiger partial charge in [-0.2, -0.15) is 0 Å². The molecule has 1 heterocycles. The number of nitrogens with zero attached hydrogens (tertiary/aromatic N) is 2. The Hall–Kier alpha value is -1.56. The number of nitrogens with two attached hydrogens (primary N) is 1. The largest absolute Gasteiger partial charge is 0.393 e. The normalized spacial score (nSPS) is 11.2. The molecule has 108 valence electrons. The van der Waals surface area contributed by atoms with Crippen LogP contribution in [0.5, 0.6) is 0 Å². The monoisotopic (exact) mass is 269 g/mol. The fourth-order valence-electron chi connectivity index (χ4n) is 1.68. The predicted molar refractivity (Wildman–Crippen MR) is 75.3 cm³/mol. The average molecular weight is 269 g/mol. The highest BCUT2D eigenvalue weighted by Gasteiger charge is 2.08. The van der Waals surface area contributed by atoms with E-state index >= 15 is 0 Å². The summed E-state index contributed by atoms with van der Waals surface area (Å²) < 4.78 is 7.98. The van der Waals surface area contributed by atoms with Crippen LogP contribution in [-0.4, -0.2) is 22.3 Å². The summed E-state index contributed by atoms with van der Waals surface area (Å²) in [4.78, 5) is 23.8. The highest BCUT2D eigenvalue weighted by atomic mass is 16.5. The summed E-state index contributed by atoms with van der Waals surface area (Å²) in [6, 6.07) is 0. The zero-order chi connectivity index (χ0) is 14.4. The SMILES string of the molecule is CCn1cc(N)c(=O)n(CCOCCC(C)C)c1=O. The Morgan fingerprint density at radius 2 is 2.00 bits per heavy atom. The van der Waals surface area contributed by atoms with Crippen molar-refractivity contribution in [1.82, 2.24) is 9.13 Å². The summed E-state index contributed by atoms with van der Waals surface area (Å²) >= 11 is 0. The van der Waals surface area contributed by atoms with Crippen molar-refractivity contribution >= 4 is 5.69 Å². The zero-order valence-electron chi connectivity index (χ0n) is 11.9. The number of rotatable bonds is 7. The van der Waals surface area contributed by atoms with E-state index in [-0.39, 0.29) is 17.9 Å². The molecule has 0 radical (unpaired) electrons. The molecule has 0 amide bonds. The zero-order valence-corrected chi connectivity index (χ0v) is 11.9. The van der Waals surface area contributed by atoms with Gasteiger partial charge in [0.15, 0.2) is 0 Å². The Bertz CT molecular complexity index is 517. The van der Waals surface area contributed by atoms with Crippen LogP contribution in [-0.2, 0) is 17.8 Å². The highest BCUT2D eigenvalue weighted by molar-refractivity contribution is 5.30. The van der Waals surface area contributed by atoms with Crippen molar-refractivity contribution in [3.63, 3.8) is 0 Å². The molecule has 6 heteroatoms. The first-order valence-corrected chi connectivity index (χ1v) is 6.64. The van der Waals surface area contributed by atoms with E-state index in [1.54, 1.807) is 0 Å². The lowest BCUT2D eigenvalue weighted by molar-refractivity contribution is 0.114. The minimum Gasteiger partial charge on any atom is -0.393 e. The Balaban J connectivity index is 2.70. The second-order valence-corrected chi connectivity index (χ2v) is 4.90. The van der Waals surface area contributed by atoms with Gasteiger partial charge in [-0.15, -0.1) is 0 Å². The van der Waals surface area contributed by atoms with Crippen molar-refractivity contribution in [2.45, 2.75) is 40.3 Å². The number of anilines is 1. The number of ether oxygens (including phenoxy) is 1. The van der Waals surface area contributed by atoms with E-state index in [9.17, 15) is 9.59 Å². The summed E-state index contributed by atoms with van der Waals surface area (Å²) in [7, 11) is 0. The predicted octanol–water partition coefficient (Wildman–Crippen LogP) is 0.675. The quantitative estimate of drug-likeness (QED) is 0.738. The van der Waals surface area contributed by atoms with Gasteiger partial charge in [-0.25, -0.2) is 4.79 Å². The van der Waals surface area contributed by atoms with Crippen molar-refractivity contribution < 1.29 is 4.74 Å². The van der Waals surface area contributed by atoms with E-state index in [2.05, 4.69) is 13.8 Å². The number of hydrogen-bond donors (Lipinski definition) is 1. The Kier molecular flexibility index (Phi) is 5.82. The molecule has 6 nitrogen and oxygen atoms in total. The lowest BCUT2D eigenvalue weighted by Crippen LogP contribution is -2.41. The molecule has 0 aliphatic carbocycles. The summed E-state index contributed by atoms with van der Waals surface area (Å²) in [6.07, 6.45) is 2.35. The Labute approximate surface area is 112 Å². The van der Waals surface area contributed by atoms with Crippen LogP contribution in [0.15, 0.2) is 15.8 Å². The molecule has 19 heavy (non-hydrogen) atoms. The third-order valence-electron chi connectivity index (χ3n) is 2.90. The molecule has 0 unspecified atom stereocenters. The van der Waals surface area contributed by atoms with Gasteiger partial charge in [-0.05, 0) is 19.3 Å². The van der Waals surface area contributed by atoms with Gasteiger partial charge >= 0.3 is 5.69 Å². The molecule has 0 fully saturated rings. The third kappa shape index (κ3) is 4.24. The van der Waals surface area contributed by atoms with E-state index < -0.39 is 5.56 Å². The standard InChI is InChI=1S/C13H23N3O3/c1-4-15-9-11(14)12(17)16(13(15)18)6-8-19-7-5-10(2)3/h9-10H,4-8,14H2,1-3H3. The first-order valence-electron chi connectivity index (χ1n) is 6.64.